The lowest BCUT2D eigenvalue weighted by atomic mass is 9.85. The van der Waals surface area contributed by atoms with Gasteiger partial charge in [0.15, 0.2) is 5.82 Å². The molecule has 4 heteroatoms. The first-order valence-corrected chi connectivity index (χ1v) is 7.00. The summed E-state index contributed by atoms with van der Waals surface area (Å²) in [5.41, 5.74) is 1.07. The van der Waals surface area contributed by atoms with Crippen LogP contribution in [-0.4, -0.2) is 17.4 Å². The predicted octanol–water partition coefficient (Wildman–Crippen LogP) is 4.27. The minimum atomic E-state index is 0.582. The van der Waals surface area contributed by atoms with E-state index in [0.29, 0.717) is 5.16 Å². The Bertz CT molecular complexity index is 403. The van der Waals surface area contributed by atoms with Gasteiger partial charge in [-0.25, -0.2) is 10.0 Å². The highest BCUT2D eigenvalue weighted by atomic mass is 35.5. The average molecular weight is 266 g/mol. The zero-order valence-corrected chi connectivity index (χ0v) is 11.7. The van der Waals surface area contributed by atoms with E-state index in [1.54, 1.807) is 5.01 Å². The van der Waals surface area contributed by atoms with Crippen molar-refractivity contribution in [1.82, 2.24) is 5.01 Å². The summed E-state index contributed by atoms with van der Waals surface area (Å²) in [5.74, 6) is 1.53. The highest BCUT2D eigenvalue weighted by molar-refractivity contribution is 6.31. The van der Waals surface area contributed by atoms with Gasteiger partial charge in [0, 0.05) is 12.4 Å². The molecule has 2 rings (SSSR count). The van der Waals surface area contributed by atoms with E-state index in [2.05, 4.69) is 16.8 Å². The molecule has 98 valence electrons. The summed E-state index contributed by atoms with van der Waals surface area (Å²) in [4.78, 5) is 4.61. The molecule has 0 aromatic heterocycles. The first-order valence-electron chi connectivity index (χ1n) is 6.62. The molecule has 0 amide bonds. The van der Waals surface area contributed by atoms with Gasteiger partial charge in [-0.05, 0) is 31.4 Å². The van der Waals surface area contributed by atoms with Gasteiger partial charge in [-0.1, -0.05) is 43.7 Å². The Morgan fingerprint density at radius 3 is 2.83 bits per heavy atom. The van der Waals surface area contributed by atoms with Crippen LogP contribution in [0.1, 0.15) is 45.4 Å². The molecule has 0 aromatic rings. The number of hydrogen-bond donors (Lipinski definition) is 0. The lowest BCUT2D eigenvalue weighted by molar-refractivity contribution is 0.367. The van der Waals surface area contributed by atoms with Gasteiger partial charge in [-0.15, -0.1) is 0 Å². The van der Waals surface area contributed by atoms with Gasteiger partial charge in [-0.3, -0.25) is 0 Å². The maximum absolute atomic E-state index is 6.20. The molecule has 0 spiro atoms. The number of hydrazone groups is 1. The highest BCUT2D eigenvalue weighted by Crippen LogP contribution is 2.30. The minimum Gasteiger partial charge on any atom is -0.234 e. The monoisotopic (exact) mass is 265 g/mol. The van der Waals surface area contributed by atoms with E-state index in [9.17, 15) is 0 Å². The van der Waals surface area contributed by atoms with Crippen LogP contribution in [-0.2, 0) is 0 Å². The zero-order chi connectivity index (χ0) is 13.0. The number of nitrogens with zero attached hydrogens (tertiary/aromatic N) is 3. The van der Waals surface area contributed by atoms with E-state index in [1.807, 2.05) is 19.1 Å². The fourth-order valence-electron chi connectivity index (χ4n) is 2.65. The minimum absolute atomic E-state index is 0.582. The van der Waals surface area contributed by atoms with Crippen molar-refractivity contribution >= 4 is 24.0 Å². The van der Waals surface area contributed by atoms with Gasteiger partial charge >= 0.3 is 0 Å². The Hall–Kier alpha value is -1.09. The van der Waals surface area contributed by atoms with Crippen molar-refractivity contribution in [3.05, 3.63) is 23.1 Å². The second kappa shape index (κ2) is 6.19. The number of hydrogen-bond acceptors (Lipinski definition) is 3. The molecule has 0 saturated heterocycles. The van der Waals surface area contributed by atoms with Crippen LogP contribution in [0, 0.1) is 5.92 Å². The smallest absolute Gasteiger partial charge is 0.151 e. The third kappa shape index (κ3) is 3.02. The maximum Gasteiger partial charge on any atom is 0.151 e. The van der Waals surface area contributed by atoms with Gasteiger partial charge in [-0.2, -0.15) is 5.10 Å². The summed E-state index contributed by atoms with van der Waals surface area (Å²) in [6.45, 7) is 5.45. The molecule has 0 radical (unpaired) electrons. The third-order valence-corrected chi connectivity index (χ3v) is 3.85. The van der Waals surface area contributed by atoms with E-state index in [-0.39, 0.29) is 0 Å². The Balaban J connectivity index is 2.09. The quantitative estimate of drug-likeness (QED) is 0.553. The Morgan fingerprint density at radius 1 is 1.50 bits per heavy atom. The van der Waals surface area contributed by atoms with E-state index in [0.717, 1.165) is 23.9 Å². The first-order chi connectivity index (χ1) is 8.74. The van der Waals surface area contributed by atoms with Crippen LogP contribution < -0.4 is 0 Å². The lowest BCUT2D eigenvalue weighted by Gasteiger charge is -2.25. The summed E-state index contributed by atoms with van der Waals surface area (Å²) in [6.07, 6.45) is 11.6. The Labute approximate surface area is 114 Å². The van der Waals surface area contributed by atoms with Crippen LogP contribution in [0.15, 0.2) is 33.2 Å². The molecule has 1 aliphatic heterocycles. The van der Waals surface area contributed by atoms with E-state index < -0.39 is 0 Å². The number of allylic oxidation sites excluding steroid dienone is 2. The molecular weight excluding hydrogens is 246 g/mol. The van der Waals surface area contributed by atoms with Gasteiger partial charge in [0.25, 0.3) is 0 Å². The molecule has 1 saturated carbocycles. The Morgan fingerprint density at radius 2 is 2.22 bits per heavy atom. The summed E-state index contributed by atoms with van der Waals surface area (Å²) in [5, 5.41) is 6.01. The van der Waals surface area contributed by atoms with Crippen molar-refractivity contribution in [2.24, 2.45) is 16.0 Å². The topological polar surface area (TPSA) is 28.0 Å². The number of aliphatic imine (C=N–C) groups is 1. The van der Waals surface area contributed by atoms with Crippen LogP contribution in [0.2, 0.25) is 0 Å². The molecular formula is C14H20ClN3. The van der Waals surface area contributed by atoms with Crippen LogP contribution in [0.4, 0.5) is 0 Å². The van der Waals surface area contributed by atoms with Gasteiger partial charge in [0.2, 0.25) is 0 Å². The zero-order valence-electron chi connectivity index (χ0n) is 10.9. The van der Waals surface area contributed by atoms with E-state index >= 15 is 0 Å². The van der Waals surface area contributed by atoms with Crippen molar-refractivity contribution in [2.75, 3.05) is 0 Å². The molecule has 0 unspecified atom stereocenters. The van der Waals surface area contributed by atoms with Crippen LogP contribution in [0.3, 0.4) is 0 Å². The second-order valence-corrected chi connectivity index (χ2v) is 5.27. The van der Waals surface area contributed by atoms with E-state index in [4.69, 9.17) is 11.6 Å². The van der Waals surface area contributed by atoms with Crippen molar-refractivity contribution in [3.8, 4) is 0 Å². The van der Waals surface area contributed by atoms with Crippen LogP contribution in [0.5, 0.6) is 0 Å². The summed E-state index contributed by atoms with van der Waals surface area (Å²) in [7, 11) is 0. The molecule has 1 aliphatic carbocycles. The maximum atomic E-state index is 6.20. The van der Waals surface area contributed by atoms with Crippen molar-refractivity contribution in [1.29, 1.82) is 0 Å². The fraction of sp³-hybridized carbons (Fsp3) is 0.571. The van der Waals surface area contributed by atoms with Crippen molar-refractivity contribution in [3.63, 3.8) is 0 Å². The Kier molecular flexibility index (Phi) is 4.59. The summed E-state index contributed by atoms with van der Waals surface area (Å²) >= 11 is 6.20. The highest BCUT2D eigenvalue weighted by Gasteiger charge is 2.20. The fourth-order valence-corrected chi connectivity index (χ4v) is 2.92. The largest absolute Gasteiger partial charge is 0.234 e. The molecule has 1 fully saturated rings. The number of halogens is 1. The molecule has 18 heavy (non-hydrogen) atoms. The van der Waals surface area contributed by atoms with E-state index in [1.165, 1.54) is 32.1 Å². The first kappa shape index (κ1) is 13.3. The lowest BCUT2D eigenvalue weighted by Crippen LogP contribution is -2.20. The standard InChI is InChI=1S/C14H20ClN3/c1-3-14-17-12(10-13(15)18(14)16-2)9-11-7-5-4-6-8-11/h3,10-11H,2,4-9H2,1H3/b14-3-. The van der Waals surface area contributed by atoms with Crippen molar-refractivity contribution in [2.45, 2.75) is 45.4 Å². The molecule has 0 aromatic carbocycles. The molecule has 2 aliphatic rings. The molecule has 0 atom stereocenters. The van der Waals surface area contributed by atoms with Crippen LogP contribution >= 0.6 is 11.6 Å². The van der Waals surface area contributed by atoms with Gasteiger partial charge in [0.1, 0.15) is 5.16 Å². The summed E-state index contributed by atoms with van der Waals surface area (Å²) < 4.78 is 0. The van der Waals surface area contributed by atoms with Crippen LogP contribution in [0.25, 0.3) is 0 Å². The molecule has 3 nitrogen and oxygen atoms in total. The van der Waals surface area contributed by atoms with Crippen molar-refractivity contribution < 1.29 is 0 Å². The SMILES string of the molecule is C=NN1C(Cl)=CC(CC2CCCCC2)=N/C1=C/C. The molecule has 0 bridgehead atoms. The third-order valence-electron chi connectivity index (χ3n) is 3.59. The predicted molar refractivity (Wildman–Crippen MR) is 77.7 cm³/mol. The van der Waals surface area contributed by atoms with Gasteiger partial charge in [0.05, 0.1) is 0 Å². The normalized spacial score (nSPS) is 23.9. The average Bonchev–Trinajstić information content (AvgIpc) is 2.39. The summed E-state index contributed by atoms with van der Waals surface area (Å²) in [6, 6.07) is 0. The second-order valence-electron chi connectivity index (χ2n) is 4.88. The van der Waals surface area contributed by atoms with Gasteiger partial charge < -0.3 is 0 Å². The molecule has 1 heterocycles. The molecule has 0 N–H and O–H groups in total. The number of rotatable bonds is 3.